The number of esters is 1. The molecule has 1 aliphatic heterocycles. The molecule has 19 heavy (non-hydrogen) atoms. The molecule has 1 saturated heterocycles. The predicted molar refractivity (Wildman–Crippen MR) is 71.8 cm³/mol. The molecule has 0 aromatic heterocycles. The zero-order valence-corrected chi connectivity index (χ0v) is 11.0. The highest BCUT2D eigenvalue weighted by molar-refractivity contribution is 5.90. The van der Waals surface area contributed by atoms with Crippen LogP contribution in [0.2, 0.25) is 0 Å². The molecule has 0 spiro atoms. The van der Waals surface area contributed by atoms with E-state index < -0.39 is 11.8 Å². The molecule has 1 heterocycles. The number of carbonyl (C=O) groups is 1. The number of halogens is 1. The molecule has 4 nitrogen and oxygen atoms in total. The number of piperidine rings is 1. The minimum absolute atomic E-state index is 0.0331. The molecule has 1 aromatic rings. The number of nitrogens with one attached hydrogen (secondary N) is 2. The van der Waals surface area contributed by atoms with Gasteiger partial charge in [-0.3, -0.25) is 0 Å². The van der Waals surface area contributed by atoms with Gasteiger partial charge in [0.2, 0.25) is 0 Å². The first-order valence-corrected chi connectivity index (χ1v) is 6.53. The van der Waals surface area contributed by atoms with Gasteiger partial charge in [-0.05, 0) is 50.0 Å². The molecule has 2 rings (SSSR count). The van der Waals surface area contributed by atoms with Crippen LogP contribution >= 0.6 is 0 Å². The summed E-state index contributed by atoms with van der Waals surface area (Å²) in [5.74, 6) is -0.641. The van der Waals surface area contributed by atoms with E-state index in [2.05, 4.69) is 15.4 Å². The molecule has 0 bridgehead atoms. The van der Waals surface area contributed by atoms with Gasteiger partial charge >= 0.3 is 5.97 Å². The number of rotatable bonds is 4. The van der Waals surface area contributed by atoms with Crippen molar-refractivity contribution in [2.24, 2.45) is 5.92 Å². The van der Waals surface area contributed by atoms with E-state index in [1.54, 1.807) is 6.07 Å². The Hall–Kier alpha value is -1.62. The highest BCUT2D eigenvalue weighted by Crippen LogP contribution is 2.17. The van der Waals surface area contributed by atoms with E-state index in [4.69, 9.17) is 0 Å². The van der Waals surface area contributed by atoms with Gasteiger partial charge in [0.05, 0.1) is 12.7 Å². The van der Waals surface area contributed by atoms with Gasteiger partial charge in [-0.15, -0.1) is 0 Å². The minimum atomic E-state index is -0.652. The number of anilines is 1. The van der Waals surface area contributed by atoms with Gasteiger partial charge in [0.1, 0.15) is 5.82 Å². The minimum Gasteiger partial charge on any atom is -0.465 e. The van der Waals surface area contributed by atoms with Gasteiger partial charge in [0.15, 0.2) is 0 Å². The van der Waals surface area contributed by atoms with Crippen molar-refractivity contribution in [2.75, 3.05) is 32.1 Å². The van der Waals surface area contributed by atoms with E-state index in [0.29, 0.717) is 5.92 Å². The van der Waals surface area contributed by atoms with E-state index in [0.717, 1.165) is 25.3 Å². The SMILES string of the molecule is COC(=O)c1cc(NCC2CCCNC2)ccc1F. The molecular formula is C14H19FN2O2. The fraction of sp³-hybridized carbons (Fsp3) is 0.500. The van der Waals surface area contributed by atoms with Gasteiger partial charge in [0.25, 0.3) is 0 Å². The average molecular weight is 266 g/mol. The summed E-state index contributed by atoms with van der Waals surface area (Å²) in [5.41, 5.74) is 0.710. The van der Waals surface area contributed by atoms with Gasteiger partial charge in [-0.2, -0.15) is 0 Å². The van der Waals surface area contributed by atoms with Crippen molar-refractivity contribution in [1.82, 2.24) is 5.32 Å². The van der Waals surface area contributed by atoms with Crippen molar-refractivity contribution in [3.8, 4) is 0 Å². The summed E-state index contributed by atoms with van der Waals surface area (Å²) in [4.78, 5) is 11.4. The highest BCUT2D eigenvalue weighted by Gasteiger charge is 2.15. The second-order valence-corrected chi connectivity index (χ2v) is 4.78. The third kappa shape index (κ3) is 3.67. The lowest BCUT2D eigenvalue weighted by Gasteiger charge is -2.23. The highest BCUT2D eigenvalue weighted by atomic mass is 19.1. The van der Waals surface area contributed by atoms with Crippen LogP contribution < -0.4 is 10.6 Å². The Bertz CT molecular complexity index is 445. The Kier molecular flexibility index (Phi) is 4.74. The lowest BCUT2D eigenvalue weighted by molar-refractivity contribution is 0.0595. The Morgan fingerprint density at radius 3 is 3.11 bits per heavy atom. The van der Waals surface area contributed by atoms with Crippen LogP contribution in [0.25, 0.3) is 0 Å². The van der Waals surface area contributed by atoms with Crippen molar-refractivity contribution in [2.45, 2.75) is 12.8 Å². The number of methoxy groups -OCH3 is 1. The van der Waals surface area contributed by atoms with Crippen molar-refractivity contribution in [3.05, 3.63) is 29.6 Å². The zero-order valence-electron chi connectivity index (χ0n) is 11.0. The topological polar surface area (TPSA) is 50.4 Å². The van der Waals surface area contributed by atoms with Crippen molar-refractivity contribution in [3.63, 3.8) is 0 Å². The number of hydrogen-bond acceptors (Lipinski definition) is 4. The molecule has 1 aliphatic rings. The Balaban J connectivity index is 1.98. The number of hydrogen-bond donors (Lipinski definition) is 2. The van der Waals surface area contributed by atoms with Crippen LogP contribution in [0.3, 0.4) is 0 Å². The average Bonchev–Trinajstić information content (AvgIpc) is 2.46. The molecule has 1 atom stereocenters. The summed E-state index contributed by atoms with van der Waals surface area (Å²) in [6, 6.07) is 4.42. The maximum atomic E-state index is 13.5. The quantitative estimate of drug-likeness (QED) is 0.819. The summed E-state index contributed by atoms with van der Waals surface area (Å²) < 4.78 is 18.0. The summed E-state index contributed by atoms with van der Waals surface area (Å²) in [6.07, 6.45) is 2.37. The van der Waals surface area contributed by atoms with Gasteiger partial charge in [-0.1, -0.05) is 0 Å². The Morgan fingerprint density at radius 1 is 1.58 bits per heavy atom. The Morgan fingerprint density at radius 2 is 2.42 bits per heavy atom. The summed E-state index contributed by atoms with van der Waals surface area (Å²) in [5, 5.41) is 6.59. The van der Waals surface area contributed by atoms with Crippen LogP contribution in [-0.4, -0.2) is 32.7 Å². The van der Waals surface area contributed by atoms with E-state index >= 15 is 0 Å². The lowest BCUT2D eigenvalue weighted by Crippen LogP contribution is -2.33. The van der Waals surface area contributed by atoms with Crippen LogP contribution in [-0.2, 0) is 4.74 Å². The fourth-order valence-electron chi connectivity index (χ4n) is 2.26. The van der Waals surface area contributed by atoms with Crippen LogP contribution in [0, 0.1) is 11.7 Å². The van der Waals surface area contributed by atoms with Crippen LogP contribution in [0.5, 0.6) is 0 Å². The van der Waals surface area contributed by atoms with Gasteiger partial charge < -0.3 is 15.4 Å². The molecule has 1 aromatic carbocycles. The fourth-order valence-corrected chi connectivity index (χ4v) is 2.26. The van der Waals surface area contributed by atoms with Crippen LogP contribution in [0.15, 0.2) is 18.2 Å². The second-order valence-electron chi connectivity index (χ2n) is 4.78. The molecule has 5 heteroatoms. The second kappa shape index (κ2) is 6.52. The molecule has 0 aliphatic carbocycles. The maximum absolute atomic E-state index is 13.5. The van der Waals surface area contributed by atoms with Crippen molar-refractivity contribution < 1.29 is 13.9 Å². The lowest BCUT2D eigenvalue weighted by atomic mass is 9.99. The molecule has 0 amide bonds. The number of ether oxygens (including phenoxy) is 1. The van der Waals surface area contributed by atoms with Gasteiger partial charge in [-0.25, -0.2) is 9.18 Å². The van der Waals surface area contributed by atoms with Gasteiger partial charge in [0, 0.05) is 12.2 Å². The van der Waals surface area contributed by atoms with E-state index in [-0.39, 0.29) is 5.56 Å². The molecular weight excluding hydrogens is 247 g/mol. The third-order valence-electron chi connectivity index (χ3n) is 3.37. The number of carbonyl (C=O) groups excluding carboxylic acids is 1. The smallest absolute Gasteiger partial charge is 0.340 e. The van der Waals surface area contributed by atoms with E-state index in [1.807, 2.05) is 0 Å². The molecule has 0 saturated carbocycles. The molecule has 2 N–H and O–H groups in total. The van der Waals surface area contributed by atoms with Crippen molar-refractivity contribution in [1.29, 1.82) is 0 Å². The first kappa shape index (κ1) is 13.8. The Labute approximate surface area is 112 Å². The molecule has 104 valence electrons. The molecule has 1 fully saturated rings. The number of benzene rings is 1. The van der Waals surface area contributed by atoms with Crippen LogP contribution in [0.1, 0.15) is 23.2 Å². The first-order valence-electron chi connectivity index (χ1n) is 6.53. The zero-order chi connectivity index (χ0) is 13.7. The summed E-state index contributed by atoms with van der Waals surface area (Å²) in [7, 11) is 1.25. The maximum Gasteiger partial charge on any atom is 0.340 e. The third-order valence-corrected chi connectivity index (χ3v) is 3.37. The monoisotopic (exact) mass is 266 g/mol. The molecule has 0 radical (unpaired) electrons. The van der Waals surface area contributed by atoms with Crippen LogP contribution in [0.4, 0.5) is 10.1 Å². The normalized spacial score (nSPS) is 18.9. The van der Waals surface area contributed by atoms with E-state index in [9.17, 15) is 9.18 Å². The predicted octanol–water partition coefficient (Wildman–Crippen LogP) is 2.02. The first-order chi connectivity index (χ1) is 9.20. The summed E-state index contributed by atoms with van der Waals surface area (Å²) >= 11 is 0. The summed E-state index contributed by atoms with van der Waals surface area (Å²) in [6.45, 7) is 2.90. The largest absolute Gasteiger partial charge is 0.465 e. The standard InChI is InChI=1S/C14H19FN2O2/c1-19-14(18)12-7-11(4-5-13(12)15)17-9-10-3-2-6-16-8-10/h4-5,7,10,16-17H,2-3,6,8-9H2,1H3. The van der Waals surface area contributed by atoms with E-state index in [1.165, 1.54) is 32.1 Å². The molecule has 1 unspecified atom stereocenters. The van der Waals surface area contributed by atoms with Crippen molar-refractivity contribution >= 4 is 11.7 Å².